The summed E-state index contributed by atoms with van der Waals surface area (Å²) in [6, 6.07) is 12.3. The first kappa shape index (κ1) is 18.9. The van der Waals surface area contributed by atoms with Crippen molar-refractivity contribution < 1.29 is 14.0 Å². The minimum atomic E-state index is -0.386. The van der Waals surface area contributed by atoms with Crippen LogP contribution in [0.1, 0.15) is 29.5 Å². The Kier molecular flexibility index (Phi) is 4.92. The van der Waals surface area contributed by atoms with Crippen molar-refractivity contribution in [2.24, 2.45) is 5.92 Å². The molecule has 1 saturated carbocycles. The topological polar surface area (TPSA) is 88.4 Å². The van der Waals surface area contributed by atoms with E-state index in [-0.39, 0.29) is 29.8 Å². The fraction of sp³-hybridized carbons (Fsp3) is 0.261. The molecule has 0 spiro atoms. The Balaban J connectivity index is 1.44. The lowest BCUT2D eigenvalue weighted by molar-refractivity contribution is -0.117. The van der Waals surface area contributed by atoms with Crippen LogP contribution in [0.2, 0.25) is 0 Å². The molecule has 1 heterocycles. The van der Waals surface area contributed by atoms with Gasteiger partial charge in [-0.3, -0.25) is 9.59 Å². The van der Waals surface area contributed by atoms with Crippen molar-refractivity contribution in [1.82, 2.24) is 0 Å². The molecule has 4 rings (SSSR count). The van der Waals surface area contributed by atoms with E-state index in [1.807, 2.05) is 44.2 Å². The van der Waals surface area contributed by atoms with Crippen molar-refractivity contribution in [2.75, 3.05) is 10.6 Å². The van der Waals surface area contributed by atoms with Gasteiger partial charge < -0.3 is 15.1 Å². The monoisotopic (exact) mass is 390 g/mol. The number of amides is 2. The van der Waals surface area contributed by atoms with Crippen molar-refractivity contribution in [2.45, 2.75) is 33.1 Å². The third-order valence-electron chi connectivity index (χ3n) is 5.10. The molecule has 1 fully saturated rings. The first-order valence-electron chi connectivity index (χ1n) is 9.64. The molecule has 6 heteroatoms. The Bertz CT molecular complexity index is 1160. The van der Waals surface area contributed by atoms with Crippen LogP contribution >= 0.6 is 0 Å². The average molecular weight is 390 g/mol. The minimum Gasteiger partial charge on any atom is -0.423 e. The second-order valence-electron chi connectivity index (χ2n) is 7.60. The standard InChI is InChI=1S/C23H22N2O4/c1-13-10-22(27)29-20-9-14(2)19(12-18(13)20)25-21(26)11-15-3-7-17(8-4-15)24-23(28)16-5-6-16/h3-4,7-10,12,16H,5-6,11H2,1-2H3,(H,24,28)(H,25,26). The summed E-state index contributed by atoms with van der Waals surface area (Å²) >= 11 is 0. The molecular formula is C23H22N2O4. The van der Waals surface area contributed by atoms with Gasteiger partial charge in [-0.05, 0) is 67.6 Å². The summed E-state index contributed by atoms with van der Waals surface area (Å²) in [7, 11) is 0. The number of rotatable bonds is 5. The zero-order chi connectivity index (χ0) is 20.5. The first-order valence-corrected chi connectivity index (χ1v) is 9.64. The van der Waals surface area contributed by atoms with Crippen molar-refractivity contribution in [3.8, 4) is 0 Å². The smallest absolute Gasteiger partial charge is 0.336 e. The van der Waals surface area contributed by atoms with Crippen LogP contribution < -0.4 is 16.3 Å². The van der Waals surface area contributed by atoms with Gasteiger partial charge in [-0.25, -0.2) is 4.79 Å². The summed E-state index contributed by atoms with van der Waals surface area (Å²) < 4.78 is 5.24. The fourth-order valence-corrected chi connectivity index (χ4v) is 3.28. The number of carbonyl (C=O) groups is 2. The summed E-state index contributed by atoms with van der Waals surface area (Å²) in [5.41, 5.74) is 4.03. The Morgan fingerprint density at radius 1 is 1.00 bits per heavy atom. The van der Waals surface area contributed by atoms with Crippen molar-refractivity contribution >= 4 is 34.2 Å². The van der Waals surface area contributed by atoms with E-state index in [1.54, 1.807) is 6.07 Å². The van der Waals surface area contributed by atoms with E-state index in [0.717, 1.165) is 40.6 Å². The van der Waals surface area contributed by atoms with E-state index >= 15 is 0 Å². The fourth-order valence-electron chi connectivity index (χ4n) is 3.28. The number of hydrogen-bond donors (Lipinski definition) is 2. The number of nitrogens with one attached hydrogen (secondary N) is 2. The number of aryl methyl sites for hydroxylation is 2. The van der Waals surface area contributed by atoms with Crippen LogP contribution in [-0.2, 0) is 16.0 Å². The lowest BCUT2D eigenvalue weighted by Crippen LogP contribution is -2.16. The van der Waals surface area contributed by atoms with Gasteiger partial charge in [-0.15, -0.1) is 0 Å². The summed E-state index contributed by atoms with van der Waals surface area (Å²) in [6.45, 7) is 3.69. The number of fused-ring (bicyclic) bond motifs is 1. The van der Waals surface area contributed by atoms with Gasteiger partial charge in [-0.1, -0.05) is 12.1 Å². The van der Waals surface area contributed by atoms with E-state index in [9.17, 15) is 14.4 Å². The van der Waals surface area contributed by atoms with E-state index in [4.69, 9.17) is 4.42 Å². The molecule has 1 aliphatic rings. The zero-order valence-corrected chi connectivity index (χ0v) is 16.4. The van der Waals surface area contributed by atoms with Gasteiger partial charge >= 0.3 is 5.63 Å². The molecule has 148 valence electrons. The minimum absolute atomic E-state index is 0.0633. The van der Waals surface area contributed by atoms with Gasteiger partial charge in [0.2, 0.25) is 11.8 Å². The first-order chi connectivity index (χ1) is 13.9. The maximum absolute atomic E-state index is 12.5. The van der Waals surface area contributed by atoms with Gasteiger partial charge in [0.05, 0.1) is 6.42 Å². The Labute approximate surface area is 167 Å². The molecule has 0 bridgehead atoms. The zero-order valence-electron chi connectivity index (χ0n) is 16.4. The predicted molar refractivity (Wildman–Crippen MR) is 112 cm³/mol. The molecule has 2 N–H and O–H groups in total. The maximum Gasteiger partial charge on any atom is 0.336 e. The average Bonchev–Trinajstić information content (AvgIpc) is 3.50. The summed E-state index contributed by atoms with van der Waals surface area (Å²) in [6.07, 6.45) is 2.14. The number of carbonyl (C=O) groups excluding carboxylic acids is 2. The Morgan fingerprint density at radius 2 is 1.72 bits per heavy atom. The molecule has 0 unspecified atom stereocenters. The highest BCUT2D eigenvalue weighted by Crippen LogP contribution is 2.30. The van der Waals surface area contributed by atoms with Gasteiger partial charge in [0.25, 0.3) is 0 Å². The third kappa shape index (κ3) is 4.37. The normalized spacial score (nSPS) is 13.3. The number of benzene rings is 2. The van der Waals surface area contributed by atoms with Crippen LogP contribution in [0.25, 0.3) is 11.0 Å². The highest BCUT2D eigenvalue weighted by Gasteiger charge is 2.29. The molecule has 0 radical (unpaired) electrons. The van der Waals surface area contributed by atoms with Crippen molar-refractivity contribution in [1.29, 1.82) is 0 Å². The van der Waals surface area contributed by atoms with Crippen molar-refractivity contribution in [3.05, 3.63) is 69.6 Å². The van der Waals surface area contributed by atoms with Crippen LogP contribution in [0.4, 0.5) is 11.4 Å². The highest BCUT2D eigenvalue weighted by molar-refractivity contribution is 5.96. The molecule has 3 aromatic rings. The van der Waals surface area contributed by atoms with E-state index in [0.29, 0.717) is 11.3 Å². The molecule has 2 amide bonds. The molecular weight excluding hydrogens is 368 g/mol. The van der Waals surface area contributed by atoms with E-state index in [1.165, 1.54) is 6.07 Å². The van der Waals surface area contributed by atoms with E-state index < -0.39 is 0 Å². The van der Waals surface area contributed by atoms with Crippen LogP contribution in [0.15, 0.2) is 51.7 Å². The van der Waals surface area contributed by atoms with Crippen LogP contribution in [0, 0.1) is 19.8 Å². The molecule has 1 aromatic heterocycles. The molecule has 2 aromatic carbocycles. The Hall–Kier alpha value is -3.41. The summed E-state index contributed by atoms with van der Waals surface area (Å²) in [5.74, 6) is 0.0768. The van der Waals surface area contributed by atoms with Crippen molar-refractivity contribution in [3.63, 3.8) is 0 Å². The summed E-state index contributed by atoms with van der Waals surface area (Å²) in [5, 5.41) is 6.61. The third-order valence-corrected chi connectivity index (χ3v) is 5.10. The number of anilines is 2. The largest absolute Gasteiger partial charge is 0.423 e. The van der Waals surface area contributed by atoms with Crippen LogP contribution in [0.5, 0.6) is 0 Å². The second kappa shape index (κ2) is 7.54. The highest BCUT2D eigenvalue weighted by atomic mass is 16.4. The Morgan fingerprint density at radius 3 is 2.41 bits per heavy atom. The lowest BCUT2D eigenvalue weighted by atomic mass is 10.1. The molecule has 29 heavy (non-hydrogen) atoms. The quantitative estimate of drug-likeness (QED) is 0.646. The van der Waals surface area contributed by atoms with E-state index in [2.05, 4.69) is 10.6 Å². The molecule has 6 nitrogen and oxygen atoms in total. The van der Waals surface area contributed by atoms with Gasteiger partial charge in [0.15, 0.2) is 0 Å². The summed E-state index contributed by atoms with van der Waals surface area (Å²) in [4.78, 5) is 35.9. The molecule has 0 atom stereocenters. The SMILES string of the molecule is Cc1cc2oc(=O)cc(C)c2cc1NC(=O)Cc1ccc(NC(=O)C2CC2)cc1. The molecule has 0 aliphatic heterocycles. The predicted octanol–water partition coefficient (Wildman–Crippen LogP) is 3.94. The van der Waals surface area contributed by atoms with Gasteiger partial charge in [0.1, 0.15) is 5.58 Å². The maximum atomic E-state index is 12.5. The van der Waals surface area contributed by atoms with Gasteiger partial charge in [0, 0.05) is 28.7 Å². The lowest BCUT2D eigenvalue weighted by Gasteiger charge is -2.11. The van der Waals surface area contributed by atoms with Crippen LogP contribution in [0.3, 0.4) is 0 Å². The second-order valence-corrected chi connectivity index (χ2v) is 7.60. The molecule has 0 saturated heterocycles. The van der Waals surface area contributed by atoms with Crippen LogP contribution in [-0.4, -0.2) is 11.8 Å². The van der Waals surface area contributed by atoms with Gasteiger partial charge in [-0.2, -0.15) is 0 Å². The number of hydrogen-bond acceptors (Lipinski definition) is 4. The molecule has 1 aliphatic carbocycles.